The molecule has 0 aliphatic rings. The molecule has 0 N–H and O–H groups in total. The Morgan fingerprint density at radius 1 is 1.00 bits per heavy atom. The topological polar surface area (TPSA) is 17.8 Å². The molecule has 0 fully saturated rings. The van der Waals surface area contributed by atoms with Gasteiger partial charge in [-0.1, -0.05) is 45.9 Å². The molecule has 0 aliphatic carbocycles. The average Bonchev–Trinajstić information content (AvgIpc) is 2.92. The first kappa shape index (κ1) is 14.8. The van der Waals surface area contributed by atoms with Crippen molar-refractivity contribution in [1.29, 1.82) is 0 Å². The molecule has 1 aromatic carbocycles. The van der Waals surface area contributed by atoms with Crippen LogP contribution in [0.25, 0.3) is 0 Å². The highest BCUT2D eigenvalue weighted by Gasteiger charge is 2.29. The third-order valence-corrected chi connectivity index (χ3v) is 4.13. The molecular formula is C18H26N2. The predicted molar refractivity (Wildman–Crippen MR) is 85.3 cm³/mol. The third kappa shape index (κ3) is 2.52. The van der Waals surface area contributed by atoms with Crippen LogP contribution in [-0.4, -0.2) is 9.55 Å². The van der Waals surface area contributed by atoms with Crippen molar-refractivity contribution in [3.05, 3.63) is 53.6 Å². The molecule has 0 radical (unpaired) electrons. The molecule has 0 amide bonds. The minimum atomic E-state index is -0.0863. The van der Waals surface area contributed by atoms with Gasteiger partial charge in [0.15, 0.2) is 0 Å². The zero-order valence-electron chi connectivity index (χ0n) is 13.5. The van der Waals surface area contributed by atoms with E-state index in [9.17, 15) is 0 Å². The fraction of sp³-hybridized carbons (Fsp3) is 0.500. The Kier molecular flexibility index (Phi) is 4.03. The summed E-state index contributed by atoms with van der Waals surface area (Å²) in [7, 11) is 0. The fourth-order valence-electron chi connectivity index (χ4n) is 2.98. The van der Waals surface area contributed by atoms with E-state index < -0.39 is 0 Å². The maximum atomic E-state index is 4.23. The lowest BCUT2D eigenvalue weighted by molar-refractivity contribution is 0.424. The van der Waals surface area contributed by atoms with E-state index in [0.29, 0.717) is 11.8 Å². The lowest BCUT2D eigenvalue weighted by atomic mass is 9.79. The summed E-state index contributed by atoms with van der Waals surface area (Å²) in [6.45, 7) is 13.6. The quantitative estimate of drug-likeness (QED) is 0.771. The molecule has 0 bridgehead atoms. The van der Waals surface area contributed by atoms with E-state index in [-0.39, 0.29) is 5.54 Å². The molecule has 1 aromatic heterocycles. The van der Waals surface area contributed by atoms with Crippen molar-refractivity contribution in [2.24, 2.45) is 0 Å². The summed E-state index contributed by atoms with van der Waals surface area (Å²) in [6.07, 6.45) is 5.83. The molecule has 0 unspecified atom stereocenters. The van der Waals surface area contributed by atoms with Gasteiger partial charge in [0.2, 0.25) is 0 Å². The Morgan fingerprint density at radius 2 is 1.55 bits per heavy atom. The smallest absolute Gasteiger partial charge is 0.0953 e. The summed E-state index contributed by atoms with van der Waals surface area (Å²) in [5.41, 5.74) is 4.24. The molecule has 2 nitrogen and oxygen atoms in total. The van der Waals surface area contributed by atoms with Gasteiger partial charge < -0.3 is 4.57 Å². The first-order valence-corrected chi connectivity index (χ1v) is 7.47. The van der Waals surface area contributed by atoms with Crippen molar-refractivity contribution in [3.8, 4) is 0 Å². The van der Waals surface area contributed by atoms with Gasteiger partial charge in [-0.15, -0.1) is 0 Å². The SMILES string of the molecule is CC(C)c1cccc(C(C)C)c1C(C)(C)n1ccnc1. The van der Waals surface area contributed by atoms with Crippen LogP contribution in [0.5, 0.6) is 0 Å². The molecule has 2 rings (SSSR count). The number of hydrogen-bond donors (Lipinski definition) is 0. The maximum absolute atomic E-state index is 4.23. The van der Waals surface area contributed by atoms with Crippen LogP contribution in [0.4, 0.5) is 0 Å². The van der Waals surface area contributed by atoms with Crippen molar-refractivity contribution in [2.45, 2.75) is 58.9 Å². The number of imidazole rings is 1. The molecular weight excluding hydrogens is 244 g/mol. The fourth-order valence-corrected chi connectivity index (χ4v) is 2.98. The summed E-state index contributed by atoms with van der Waals surface area (Å²) < 4.78 is 2.21. The van der Waals surface area contributed by atoms with Crippen LogP contribution in [0, 0.1) is 0 Å². The second-order valence-corrected chi connectivity index (χ2v) is 6.65. The lowest BCUT2D eigenvalue weighted by Gasteiger charge is -2.34. The predicted octanol–water partition coefficient (Wildman–Crippen LogP) is 4.91. The van der Waals surface area contributed by atoms with Gasteiger partial charge in [0.1, 0.15) is 0 Å². The summed E-state index contributed by atoms with van der Waals surface area (Å²) >= 11 is 0. The number of rotatable bonds is 4. The third-order valence-electron chi connectivity index (χ3n) is 4.13. The molecule has 20 heavy (non-hydrogen) atoms. The Morgan fingerprint density at radius 3 is 1.95 bits per heavy atom. The summed E-state index contributed by atoms with van der Waals surface area (Å²) in [5.74, 6) is 1.04. The van der Waals surface area contributed by atoms with Gasteiger partial charge in [-0.3, -0.25) is 0 Å². The Bertz CT molecular complexity index is 537. The number of hydrogen-bond acceptors (Lipinski definition) is 1. The molecule has 0 saturated carbocycles. The monoisotopic (exact) mass is 270 g/mol. The van der Waals surface area contributed by atoms with Crippen LogP contribution in [0.1, 0.15) is 70.1 Å². The second-order valence-electron chi connectivity index (χ2n) is 6.65. The Labute approximate surface area is 122 Å². The van der Waals surface area contributed by atoms with Gasteiger partial charge >= 0.3 is 0 Å². The van der Waals surface area contributed by atoms with E-state index in [0.717, 1.165) is 0 Å². The van der Waals surface area contributed by atoms with Crippen LogP contribution < -0.4 is 0 Å². The molecule has 2 aromatic rings. The summed E-state index contributed by atoms with van der Waals surface area (Å²) in [5, 5.41) is 0. The van der Waals surface area contributed by atoms with Crippen LogP contribution in [0.2, 0.25) is 0 Å². The number of benzene rings is 1. The van der Waals surface area contributed by atoms with E-state index >= 15 is 0 Å². The maximum Gasteiger partial charge on any atom is 0.0953 e. The van der Waals surface area contributed by atoms with Gasteiger partial charge in [0.05, 0.1) is 11.9 Å². The first-order chi connectivity index (χ1) is 9.35. The van der Waals surface area contributed by atoms with Crippen molar-refractivity contribution in [1.82, 2.24) is 9.55 Å². The van der Waals surface area contributed by atoms with Crippen molar-refractivity contribution in [2.75, 3.05) is 0 Å². The van der Waals surface area contributed by atoms with Crippen LogP contribution in [0.15, 0.2) is 36.9 Å². The zero-order chi connectivity index (χ0) is 14.9. The van der Waals surface area contributed by atoms with Crippen molar-refractivity contribution in [3.63, 3.8) is 0 Å². The second kappa shape index (κ2) is 5.43. The van der Waals surface area contributed by atoms with Gasteiger partial charge in [0, 0.05) is 12.4 Å². The largest absolute Gasteiger partial charge is 0.328 e. The highest BCUT2D eigenvalue weighted by molar-refractivity contribution is 5.44. The normalized spacial score (nSPS) is 12.4. The summed E-state index contributed by atoms with van der Waals surface area (Å²) in [6, 6.07) is 6.73. The minimum Gasteiger partial charge on any atom is -0.328 e. The molecule has 0 saturated heterocycles. The van der Waals surface area contributed by atoms with Crippen LogP contribution >= 0.6 is 0 Å². The number of nitrogens with zero attached hydrogens (tertiary/aromatic N) is 2. The minimum absolute atomic E-state index is 0.0863. The lowest BCUT2D eigenvalue weighted by Crippen LogP contribution is -2.30. The van der Waals surface area contributed by atoms with E-state index in [1.807, 2.05) is 12.5 Å². The zero-order valence-corrected chi connectivity index (χ0v) is 13.5. The van der Waals surface area contributed by atoms with Gasteiger partial charge in [-0.25, -0.2) is 4.98 Å². The van der Waals surface area contributed by atoms with Gasteiger partial charge in [-0.05, 0) is 42.4 Å². The molecule has 1 heterocycles. The van der Waals surface area contributed by atoms with Crippen molar-refractivity contribution < 1.29 is 0 Å². The highest BCUT2D eigenvalue weighted by atomic mass is 15.1. The molecule has 0 aliphatic heterocycles. The summed E-state index contributed by atoms with van der Waals surface area (Å²) in [4.78, 5) is 4.23. The van der Waals surface area contributed by atoms with Gasteiger partial charge in [-0.2, -0.15) is 0 Å². The van der Waals surface area contributed by atoms with E-state index in [2.05, 4.69) is 75.5 Å². The molecule has 2 heteroatoms. The number of aromatic nitrogens is 2. The Hall–Kier alpha value is -1.57. The molecule has 0 atom stereocenters. The molecule has 0 spiro atoms. The Balaban J connectivity index is 2.70. The van der Waals surface area contributed by atoms with Crippen LogP contribution in [-0.2, 0) is 5.54 Å². The van der Waals surface area contributed by atoms with Crippen LogP contribution in [0.3, 0.4) is 0 Å². The van der Waals surface area contributed by atoms with Crippen molar-refractivity contribution >= 4 is 0 Å². The first-order valence-electron chi connectivity index (χ1n) is 7.47. The highest BCUT2D eigenvalue weighted by Crippen LogP contribution is 2.37. The average molecular weight is 270 g/mol. The molecule has 108 valence electrons. The van der Waals surface area contributed by atoms with E-state index in [1.165, 1.54) is 16.7 Å². The van der Waals surface area contributed by atoms with E-state index in [4.69, 9.17) is 0 Å². The van der Waals surface area contributed by atoms with Gasteiger partial charge in [0.25, 0.3) is 0 Å². The standard InChI is InChI=1S/C18H26N2/c1-13(2)15-8-7-9-16(14(3)4)17(15)18(5,6)20-11-10-19-12-20/h7-14H,1-6H3. The van der Waals surface area contributed by atoms with E-state index in [1.54, 1.807) is 0 Å².